The molecule has 0 aromatic heterocycles. The molecule has 0 N–H and O–H groups in total. The summed E-state index contributed by atoms with van der Waals surface area (Å²) in [5, 5.41) is 1.85. The van der Waals surface area contributed by atoms with Gasteiger partial charge in [-0.15, -0.1) is 0 Å². The highest BCUT2D eigenvalue weighted by atomic mass is 79.9. The number of rotatable bonds is 2. The fourth-order valence-corrected chi connectivity index (χ4v) is 3.11. The van der Waals surface area contributed by atoms with Crippen LogP contribution in [0.5, 0.6) is 0 Å². The van der Waals surface area contributed by atoms with Gasteiger partial charge in [0.15, 0.2) is 4.32 Å². The molecular formula is C12H14BrNOS2. The first-order valence-corrected chi connectivity index (χ1v) is 7.76. The molecule has 0 atom stereocenters. The van der Waals surface area contributed by atoms with Gasteiger partial charge in [-0.05, 0) is 30.5 Å². The van der Waals surface area contributed by atoms with Gasteiger partial charge in [-0.3, -0.25) is 4.84 Å². The summed E-state index contributed by atoms with van der Waals surface area (Å²) in [6.07, 6.45) is 2.30. The van der Waals surface area contributed by atoms with Crippen molar-refractivity contribution < 1.29 is 4.84 Å². The number of halogens is 1. The molecule has 1 fully saturated rings. The molecule has 5 heteroatoms. The maximum atomic E-state index is 5.51. The number of hydrogen-bond acceptors (Lipinski definition) is 3. The van der Waals surface area contributed by atoms with Crippen LogP contribution in [-0.2, 0) is 10.6 Å². The van der Waals surface area contributed by atoms with Gasteiger partial charge in [0.05, 0.1) is 6.61 Å². The average molecular weight is 332 g/mol. The van der Waals surface area contributed by atoms with Crippen LogP contribution < -0.4 is 0 Å². The third kappa shape index (κ3) is 4.25. The van der Waals surface area contributed by atoms with Crippen molar-refractivity contribution in [3.8, 4) is 0 Å². The summed E-state index contributed by atoms with van der Waals surface area (Å²) in [5.41, 5.74) is 1.27. The minimum absolute atomic E-state index is 0.789. The summed E-state index contributed by atoms with van der Waals surface area (Å²) in [4.78, 5) is 5.51. The number of hydroxylamine groups is 2. The molecule has 92 valence electrons. The van der Waals surface area contributed by atoms with Gasteiger partial charge >= 0.3 is 0 Å². The summed E-state index contributed by atoms with van der Waals surface area (Å²) in [5.74, 6) is 0.887. The van der Waals surface area contributed by atoms with E-state index in [1.807, 2.05) is 17.2 Å². The Kier molecular flexibility index (Phi) is 5.28. The molecule has 0 amide bonds. The summed E-state index contributed by atoms with van der Waals surface area (Å²) >= 11 is 10.5. The normalized spacial score (nSPS) is 15.9. The minimum Gasteiger partial charge on any atom is -0.272 e. The van der Waals surface area contributed by atoms with Gasteiger partial charge in [-0.1, -0.05) is 52.0 Å². The molecule has 2 rings (SSSR count). The third-order valence-electron chi connectivity index (χ3n) is 2.46. The summed E-state index contributed by atoms with van der Waals surface area (Å²) in [6.45, 7) is 1.71. The standard InChI is InChI=1S/C12H14BrNOS2/c13-11-5-3-4-10(8-11)9-17-12(16)14-6-1-2-7-15-14/h3-5,8H,1-2,6-7,9H2. The fraction of sp³-hybridized carbons (Fsp3) is 0.417. The van der Waals surface area contributed by atoms with Crippen molar-refractivity contribution in [2.75, 3.05) is 13.2 Å². The topological polar surface area (TPSA) is 12.5 Å². The Bertz CT molecular complexity index is 394. The molecule has 1 aliphatic heterocycles. The molecule has 1 heterocycles. The van der Waals surface area contributed by atoms with Crippen LogP contribution in [0.2, 0.25) is 0 Å². The van der Waals surface area contributed by atoms with Gasteiger partial charge < -0.3 is 0 Å². The third-order valence-corrected chi connectivity index (χ3v) is 4.44. The highest BCUT2D eigenvalue weighted by molar-refractivity contribution is 9.10. The molecular weight excluding hydrogens is 318 g/mol. The molecule has 0 radical (unpaired) electrons. The van der Waals surface area contributed by atoms with E-state index in [9.17, 15) is 0 Å². The van der Waals surface area contributed by atoms with E-state index >= 15 is 0 Å². The zero-order chi connectivity index (χ0) is 12.1. The number of hydrogen-bond donors (Lipinski definition) is 0. The quantitative estimate of drug-likeness (QED) is 0.759. The van der Waals surface area contributed by atoms with Crippen molar-refractivity contribution >= 4 is 44.2 Å². The molecule has 0 bridgehead atoms. The molecule has 0 spiro atoms. The van der Waals surface area contributed by atoms with Gasteiger partial charge in [-0.25, -0.2) is 5.06 Å². The second-order valence-corrected chi connectivity index (χ2v) is 6.35. The van der Waals surface area contributed by atoms with E-state index in [-0.39, 0.29) is 0 Å². The van der Waals surface area contributed by atoms with Gasteiger partial charge in [0.1, 0.15) is 0 Å². The average Bonchev–Trinajstić information content (AvgIpc) is 2.37. The number of thioether (sulfide) groups is 1. The van der Waals surface area contributed by atoms with Crippen molar-refractivity contribution in [3.05, 3.63) is 34.3 Å². The van der Waals surface area contributed by atoms with Crippen molar-refractivity contribution in [1.29, 1.82) is 0 Å². The SMILES string of the molecule is S=C(SCc1cccc(Br)c1)N1CCCCO1. The molecule has 1 aromatic carbocycles. The second kappa shape index (κ2) is 6.73. The maximum absolute atomic E-state index is 5.51. The zero-order valence-electron chi connectivity index (χ0n) is 9.39. The molecule has 0 saturated carbocycles. The monoisotopic (exact) mass is 331 g/mol. The Morgan fingerprint density at radius 1 is 1.47 bits per heavy atom. The summed E-state index contributed by atoms with van der Waals surface area (Å²) < 4.78 is 1.94. The largest absolute Gasteiger partial charge is 0.272 e. The Balaban J connectivity index is 1.83. The van der Waals surface area contributed by atoms with E-state index in [1.165, 1.54) is 5.56 Å². The van der Waals surface area contributed by atoms with E-state index in [4.69, 9.17) is 17.1 Å². The van der Waals surface area contributed by atoms with E-state index < -0.39 is 0 Å². The van der Waals surface area contributed by atoms with E-state index in [0.29, 0.717) is 0 Å². The molecule has 1 aliphatic rings. The lowest BCUT2D eigenvalue weighted by molar-refractivity contribution is -0.118. The van der Waals surface area contributed by atoms with Gasteiger partial charge in [0.25, 0.3) is 0 Å². The van der Waals surface area contributed by atoms with E-state index in [0.717, 1.165) is 40.5 Å². The van der Waals surface area contributed by atoms with Crippen LogP contribution in [0, 0.1) is 0 Å². The van der Waals surface area contributed by atoms with Crippen LogP contribution in [0.25, 0.3) is 0 Å². The molecule has 17 heavy (non-hydrogen) atoms. The smallest absolute Gasteiger partial charge is 0.160 e. The molecule has 2 nitrogen and oxygen atoms in total. The molecule has 1 aromatic rings. The Morgan fingerprint density at radius 2 is 2.35 bits per heavy atom. The first-order valence-electron chi connectivity index (χ1n) is 5.57. The first kappa shape index (κ1) is 13.3. The van der Waals surface area contributed by atoms with Gasteiger partial charge in [0, 0.05) is 16.8 Å². The molecule has 0 unspecified atom stereocenters. The number of thiocarbonyl (C=S) groups is 1. The molecule has 0 aliphatic carbocycles. The lowest BCUT2D eigenvalue weighted by atomic mass is 10.2. The Labute approximate surface area is 120 Å². The number of benzene rings is 1. The zero-order valence-corrected chi connectivity index (χ0v) is 12.6. The van der Waals surface area contributed by atoms with Crippen molar-refractivity contribution in [2.24, 2.45) is 0 Å². The summed E-state index contributed by atoms with van der Waals surface area (Å²) in [7, 11) is 0. The second-order valence-electron chi connectivity index (χ2n) is 3.83. The van der Waals surface area contributed by atoms with Crippen LogP contribution in [0.4, 0.5) is 0 Å². The van der Waals surface area contributed by atoms with E-state index in [2.05, 4.69) is 28.1 Å². The van der Waals surface area contributed by atoms with Crippen LogP contribution in [0.1, 0.15) is 18.4 Å². The van der Waals surface area contributed by atoms with Crippen LogP contribution in [0.15, 0.2) is 28.7 Å². The van der Waals surface area contributed by atoms with Crippen LogP contribution in [0.3, 0.4) is 0 Å². The van der Waals surface area contributed by atoms with Crippen LogP contribution in [-0.4, -0.2) is 22.5 Å². The number of nitrogens with zero attached hydrogens (tertiary/aromatic N) is 1. The Morgan fingerprint density at radius 3 is 3.06 bits per heavy atom. The fourth-order valence-electron chi connectivity index (χ4n) is 1.58. The van der Waals surface area contributed by atoms with Crippen LogP contribution >= 0.6 is 39.9 Å². The Hall–Kier alpha value is -0.100. The van der Waals surface area contributed by atoms with Crippen molar-refractivity contribution in [3.63, 3.8) is 0 Å². The predicted octanol–water partition coefficient (Wildman–Crippen LogP) is 3.99. The van der Waals surface area contributed by atoms with Crippen molar-refractivity contribution in [1.82, 2.24) is 5.06 Å². The van der Waals surface area contributed by atoms with E-state index in [1.54, 1.807) is 11.8 Å². The molecule has 1 saturated heterocycles. The highest BCUT2D eigenvalue weighted by Gasteiger charge is 2.14. The van der Waals surface area contributed by atoms with Crippen molar-refractivity contribution in [2.45, 2.75) is 18.6 Å². The van der Waals surface area contributed by atoms with Gasteiger partial charge in [-0.2, -0.15) is 0 Å². The lowest BCUT2D eigenvalue weighted by Gasteiger charge is -2.27. The summed E-state index contributed by atoms with van der Waals surface area (Å²) in [6, 6.07) is 8.30. The highest BCUT2D eigenvalue weighted by Crippen LogP contribution is 2.21. The minimum atomic E-state index is 0.789. The predicted molar refractivity (Wildman–Crippen MR) is 79.9 cm³/mol. The van der Waals surface area contributed by atoms with Gasteiger partial charge in [0.2, 0.25) is 0 Å². The first-order chi connectivity index (χ1) is 8.25. The lowest BCUT2D eigenvalue weighted by Crippen LogP contribution is -2.32. The maximum Gasteiger partial charge on any atom is 0.160 e.